The summed E-state index contributed by atoms with van der Waals surface area (Å²) in [4.78, 5) is 39.4. The Bertz CT molecular complexity index is 710. The smallest absolute Gasteiger partial charge is 0.308 e. The first-order valence-corrected chi connectivity index (χ1v) is 9.35. The fourth-order valence-electron chi connectivity index (χ4n) is 4.04. The van der Waals surface area contributed by atoms with Crippen molar-refractivity contribution in [3.63, 3.8) is 0 Å². The van der Waals surface area contributed by atoms with Crippen LogP contribution in [0.3, 0.4) is 0 Å². The van der Waals surface area contributed by atoms with E-state index in [-0.39, 0.29) is 11.1 Å². The van der Waals surface area contributed by atoms with Gasteiger partial charge < -0.3 is 15.4 Å². The second kappa shape index (κ2) is 7.85. The van der Waals surface area contributed by atoms with E-state index in [0.29, 0.717) is 12.8 Å². The van der Waals surface area contributed by atoms with E-state index >= 15 is 0 Å². The van der Waals surface area contributed by atoms with E-state index in [4.69, 9.17) is 0 Å². The summed E-state index contributed by atoms with van der Waals surface area (Å²) in [6.07, 6.45) is 8.89. The van der Waals surface area contributed by atoms with Crippen LogP contribution in [0.2, 0.25) is 0 Å². The van der Waals surface area contributed by atoms with E-state index in [2.05, 4.69) is 10.3 Å². The van der Waals surface area contributed by atoms with E-state index in [0.717, 1.165) is 62.6 Å². The molecule has 1 amide bonds. The molecule has 0 radical (unpaired) electrons. The van der Waals surface area contributed by atoms with Gasteiger partial charge in [-0.05, 0) is 50.2 Å². The molecular weight excluding hydrogens is 320 g/mol. The topological polar surface area (TPSA) is 99.3 Å². The number of carboxylic acid groups (broad SMARTS) is 1. The molecule has 1 aromatic heterocycles. The van der Waals surface area contributed by atoms with Crippen LogP contribution in [0.4, 0.5) is 0 Å². The van der Waals surface area contributed by atoms with Crippen molar-refractivity contribution < 1.29 is 14.7 Å². The predicted molar refractivity (Wildman–Crippen MR) is 93.8 cm³/mol. The Balaban J connectivity index is 1.80. The van der Waals surface area contributed by atoms with Crippen LogP contribution in [-0.4, -0.2) is 28.0 Å². The number of carbonyl (C=O) groups excluding carboxylic acids is 1. The molecule has 2 aliphatic rings. The van der Waals surface area contributed by atoms with Gasteiger partial charge in [-0.15, -0.1) is 0 Å². The summed E-state index contributed by atoms with van der Waals surface area (Å²) < 4.78 is 0. The van der Waals surface area contributed by atoms with Crippen LogP contribution in [0.15, 0.2) is 10.9 Å². The Morgan fingerprint density at radius 3 is 2.52 bits per heavy atom. The molecule has 136 valence electrons. The number of hydrogen-bond acceptors (Lipinski definition) is 3. The Morgan fingerprint density at radius 1 is 1.04 bits per heavy atom. The summed E-state index contributed by atoms with van der Waals surface area (Å²) in [5.41, 5.74) is 1.69. The zero-order valence-electron chi connectivity index (χ0n) is 14.5. The number of aromatic nitrogens is 1. The van der Waals surface area contributed by atoms with E-state index < -0.39 is 23.8 Å². The molecule has 0 aromatic carbocycles. The largest absolute Gasteiger partial charge is 0.481 e. The second-order valence-electron chi connectivity index (χ2n) is 7.24. The summed E-state index contributed by atoms with van der Waals surface area (Å²) in [5, 5.41) is 12.3. The van der Waals surface area contributed by atoms with Crippen molar-refractivity contribution in [2.24, 2.45) is 5.92 Å². The van der Waals surface area contributed by atoms with Crippen LogP contribution in [0.25, 0.3) is 0 Å². The fraction of sp³-hybridized carbons (Fsp3) is 0.632. The molecule has 6 nitrogen and oxygen atoms in total. The molecule has 1 saturated carbocycles. The van der Waals surface area contributed by atoms with Crippen molar-refractivity contribution in [1.29, 1.82) is 0 Å². The van der Waals surface area contributed by atoms with Crippen molar-refractivity contribution in [3.8, 4) is 0 Å². The third-order valence-electron chi connectivity index (χ3n) is 5.48. The molecule has 1 fully saturated rings. The van der Waals surface area contributed by atoms with Crippen molar-refractivity contribution in [3.05, 3.63) is 33.2 Å². The number of rotatable bonds is 3. The summed E-state index contributed by atoms with van der Waals surface area (Å²) >= 11 is 0. The maximum absolute atomic E-state index is 12.7. The van der Waals surface area contributed by atoms with Crippen molar-refractivity contribution in [2.75, 3.05) is 0 Å². The van der Waals surface area contributed by atoms with Crippen molar-refractivity contribution >= 4 is 11.9 Å². The average Bonchev–Trinajstić information content (AvgIpc) is 2.56. The Kier molecular flexibility index (Phi) is 5.56. The average molecular weight is 346 g/mol. The third kappa shape index (κ3) is 4.11. The van der Waals surface area contributed by atoms with Gasteiger partial charge in [0, 0.05) is 11.7 Å². The minimum Gasteiger partial charge on any atom is -0.481 e. The first-order valence-electron chi connectivity index (χ1n) is 9.35. The van der Waals surface area contributed by atoms with Crippen LogP contribution >= 0.6 is 0 Å². The highest BCUT2D eigenvalue weighted by Gasteiger charge is 2.30. The van der Waals surface area contributed by atoms with E-state index in [1.165, 1.54) is 0 Å². The lowest BCUT2D eigenvalue weighted by Gasteiger charge is -2.27. The van der Waals surface area contributed by atoms with Gasteiger partial charge in [-0.3, -0.25) is 14.4 Å². The molecule has 2 unspecified atom stereocenters. The first kappa shape index (κ1) is 17.7. The van der Waals surface area contributed by atoms with Crippen molar-refractivity contribution in [1.82, 2.24) is 10.3 Å². The van der Waals surface area contributed by atoms with Crippen LogP contribution in [0.5, 0.6) is 0 Å². The highest BCUT2D eigenvalue weighted by molar-refractivity contribution is 5.94. The Hall–Kier alpha value is -2.11. The lowest BCUT2D eigenvalue weighted by molar-refractivity contribution is -0.143. The van der Waals surface area contributed by atoms with Gasteiger partial charge >= 0.3 is 5.97 Å². The van der Waals surface area contributed by atoms with Crippen molar-refractivity contribution in [2.45, 2.75) is 70.3 Å². The normalized spacial score (nSPS) is 23.8. The Labute approximate surface area is 147 Å². The number of carbonyl (C=O) groups is 2. The lowest BCUT2D eigenvalue weighted by atomic mass is 9.86. The summed E-state index contributed by atoms with van der Waals surface area (Å²) in [7, 11) is 0. The quantitative estimate of drug-likeness (QED) is 0.782. The van der Waals surface area contributed by atoms with E-state index in [9.17, 15) is 19.5 Å². The highest BCUT2D eigenvalue weighted by atomic mass is 16.4. The van der Waals surface area contributed by atoms with E-state index in [1.807, 2.05) is 0 Å². The first-order chi connectivity index (χ1) is 12.1. The molecule has 3 rings (SSSR count). The van der Waals surface area contributed by atoms with Gasteiger partial charge in [0.05, 0.1) is 5.92 Å². The second-order valence-corrected chi connectivity index (χ2v) is 7.24. The van der Waals surface area contributed by atoms with Gasteiger partial charge in [-0.1, -0.05) is 25.7 Å². The number of H-pyrrole nitrogens is 1. The number of amides is 1. The zero-order valence-corrected chi connectivity index (χ0v) is 14.5. The van der Waals surface area contributed by atoms with Crippen LogP contribution in [-0.2, 0) is 17.6 Å². The van der Waals surface area contributed by atoms with Crippen LogP contribution in [0, 0.1) is 5.92 Å². The number of pyridine rings is 1. The Morgan fingerprint density at radius 2 is 1.76 bits per heavy atom. The molecule has 0 spiro atoms. The minimum absolute atomic E-state index is 0.104. The molecule has 0 aliphatic heterocycles. The SMILES string of the molecule is O=C(NC1CCCCCCC1C(=O)O)c1cc2c([nH]c1=O)CCCC2. The molecule has 2 atom stereocenters. The summed E-state index contributed by atoms with van der Waals surface area (Å²) in [6, 6.07) is 1.28. The number of aliphatic carboxylic acids is 1. The minimum atomic E-state index is -0.869. The maximum atomic E-state index is 12.7. The zero-order chi connectivity index (χ0) is 17.8. The fourth-order valence-corrected chi connectivity index (χ4v) is 4.04. The molecule has 6 heteroatoms. The standard InChI is InChI=1S/C19H26N2O4/c22-17-14(11-12-7-5-6-9-15(12)20-17)18(23)21-16-10-4-2-1-3-8-13(16)19(24)25/h11,13,16H,1-10H2,(H,20,22)(H,21,23)(H,24,25). The number of carboxylic acids is 1. The molecule has 0 saturated heterocycles. The van der Waals surface area contributed by atoms with E-state index in [1.54, 1.807) is 6.07 Å². The lowest BCUT2D eigenvalue weighted by Crippen LogP contribution is -2.45. The predicted octanol–water partition coefficient (Wildman–Crippen LogP) is 2.41. The third-order valence-corrected chi connectivity index (χ3v) is 5.48. The van der Waals surface area contributed by atoms with Gasteiger partial charge in [-0.2, -0.15) is 0 Å². The number of aryl methyl sites for hydroxylation is 2. The number of hydrogen-bond donors (Lipinski definition) is 3. The molecule has 2 aliphatic carbocycles. The highest BCUT2D eigenvalue weighted by Crippen LogP contribution is 2.24. The van der Waals surface area contributed by atoms with Gasteiger partial charge in [-0.25, -0.2) is 0 Å². The molecule has 3 N–H and O–H groups in total. The van der Waals surface area contributed by atoms with Gasteiger partial charge in [0.25, 0.3) is 11.5 Å². The molecule has 0 bridgehead atoms. The van der Waals surface area contributed by atoms with Gasteiger partial charge in [0.2, 0.25) is 0 Å². The van der Waals surface area contributed by atoms with Crippen LogP contribution < -0.4 is 10.9 Å². The monoisotopic (exact) mass is 346 g/mol. The maximum Gasteiger partial charge on any atom is 0.308 e. The molecule has 1 heterocycles. The number of nitrogens with one attached hydrogen (secondary N) is 2. The number of aromatic amines is 1. The summed E-state index contributed by atoms with van der Waals surface area (Å²) in [6.45, 7) is 0. The van der Waals surface area contributed by atoms with Crippen LogP contribution in [0.1, 0.15) is 73.0 Å². The molecular formula is C19H26N2O4. The van der Waals surface area contributed by atoms with Gasteiger partial charge in [0.1, 0.15) is 5.56 Å². The molecule has 1 aromatic rings. The number of fused-ring (bicyclic) bond motifs is 1. The molecule has 25 heavy (non-hydrogen) atoms. The summed E-state index contributed by atoms with van der Waals surface area (Å²) in [5.74, 6) is -1.90. The van der Waals surface area contributed by atoms with Gasteiger partial charge in [0.15, 0.2) is 0 Å².